The van der Waals surface area contributed by atoms with Gasteiger partial charge in [0.1, 0.15) is 0 Å². The van der Waals surface area contributed by atoms with Crippen molar-refractivity contribution in [2.24, 2.45) is 0 Å². The van der Waals surface area contributed by atoms with Gasteiger partial charge in [-0.15, -0.1) is 12.4 Å². The predicted molar refractivity (Wildman–Crippen MR) is 109 cm³/mol. The van der Waals surface area contributed by atoms with E-state index in [2.05, 4.69) is 64.8 Å². The van der Waals surface area contributed by atoms with Crippen molar-refractivity contribution in [3.8, 4) is 0 Å². The summed E-state index contributed by atoms with van der Waals surface area (Å²) in [5.41, 5.74) is 4.46. The lowest BCUT2D eigenvalue weighted by molar-refractivity contribution is 0.379. The van der Waals surface area contributed by atoms with Crippen molar-refractivity contribution in [2.75, 3.05) is 18.0 Å². The molecule has 2 aliphatic rings. The average Bonchev–Trinajstić information content (AvgIpc) is 3.07. The zero-order valence-corrected chi connectivity index (χ0v) is 15.7. The molecule has 0 amide bonds. The van der Waals surface area contributed by atoms with Crippen LogP contribution in [0.25, 0.3) is 0 Å². The van der Waals surface area contributed by atoms with Gasteiger partial charge in [-0.2, -0.15) is 0 Å². The van der Waals surface area contributed by atoms with E-state index >= 15 is 0 Å². The van der Waals surface area contributed by atoms with Gasteiger partial charge < -0.3 is 10.2 Å². The van der Waals surface area contributed by atoms with Crippen LogP contribution in [0.2, 0.25) is 0 Å². The molecule has 0 radical (unpaired) electrons. The molecule has 1 aliphatic heterocycles. The van der Waals surface area contributed by atoms with Crippen molar-refractivity contribution in [3.63, 3.8) is 0 Å². The standard InChI is InChI=1S/C22H28N2.ClH/c1-2-11-21(12-3-1)24(15-13-20-10-6-7-14-23-20)22-16-18-8-4-5-9-19(18)17-22;/h1-5,8-9,11-12,20,22-23H,6-7,10,13-17H2;1H. The Morgan fingerprint density at radius 3 is 2.20 bits per heavy atom. The number of hydrogen-bond acceptors (Lipinski definition) is 2. The van der Waals surface area contributed by atoms with Crippen LogP contribution in [0.5, 0.6) is 0 Å². The molecule has 25 heavy (non-hydrogen) atoms. The van der Waals surface area contributed by atoms with Gasteiger partial charge in [0.15, 0.2) is 0 Å². The number of rotatable bonds is 5. The fraction of sp³-hybridized carbons (Fsp3) is 0.455. The Hall–Kier alpha value is -1.51. The highest BCUT2D eigenvalue weighted by molar-refractivity contribution is 5.85. The Labute approximate surface area is 158 Å². The van der Waals surface area contributed by atoms with Gasteiger partial charge >= 0.3 is 0 Å². The van der Waals surface area contributed by atoms with E-state index in [0.29, 0.717) is 12.1 Å². The lowest BCUT2D eigenvalue weighted by Gasteiger charge is -2.33. The van der Waals surface area contributed by atoms with Gasteiger partial charge in [0.05, 0.1) is 0 Å². The number of fused-ring (bicyclic) bond motifs is 1. The molecule has 4 rings (SSSR count). The highest BCUT2D eigenvalue weighted by Crippen LogP contribution is 2.29. The first kappa shape index (κ1) is 18.3. The zero-order chi connectivity index (χ0) is 16.2. The molecular formula is C22H29ClN2. The van der Waals surface area contributed by atoms with Crippen LogP contribution in [0.15, 0.2) is 54.6 Å². The van der Waals surface area contributed by atoms with E-state index in [1.165, 1.54) is 50.8 Å². The zero-order valence-electron chi connectivity index (χ0n) is 14.9. The van der Waals surface area contributed by atoms with Crippen LogP contribution < -0.4 is 10.2 Å². The van der Waals surface area contributed by atoms with Gasteiger partial charge in [-0.3, -0.25) is 0 Å². The van der Waals surface area contributed by atoms with Crippen LogP contribution in [-0.2, 0) is 12.8 Å². The van der Waals surface area contributed by atoms with Crippen molar-refractivity contribution < 1.29 is 0 Å². The minimum atomic E-state index is 0. The molecule has 1 fully saturated rings. The first-order chi connectivity index (χ1) is 11.9. The summed E-state index contributed by atoms with van der Waals surface area (Å²) in [7, 11) is 0. The lowest BCUT2D eigenvalue weighted by atomic mass is 10.0. The maximum absolute atomic E-state index is 3.71. The highest BCUT2D eigenvalue weighted by atomic mass is 35.5. The molecule has 2 aromatic rings. The van der Waals surface area contributed by atoms with Crippen LogP contribution in [0, 0.1) is 0 Å². The summed E-state index contributed by atoms with van der Waals surface area (Å²) in [5, 5.41) is 3.71. The van der Waals surface area contributed by atoms with Crippen molar-refractivity contribution in [3.05, 3.63) is 65.7 Å². The Kier molecular flexibility index (Phi) is 6.39. The number of para-hydroxylation sites is 1. The second kappa shape index (κ2) is 8.73. The maximum atomic E-state index is 3.71. The predicted octanol–water partition coefficient (Wildman–Crippen LogP) is 4.61. The summed E-state index contributed by atoms with van der Waals surface area (Å²) >= 11 is 0. The molecule has 0 spiro atoms. The van der Waals surface area contributed by atoms with Gasteiger partial charge in [-0.1, -0.05) is 48.9 Å². The fourth-order valence-electron chi connectivity index (χ4n) is 4.36. The summed E-state index contributed by atoms with van der Waals surface area (Å²) in [6.45, 7) is 2.35. The van der Waals surface area contributed by atoms with E-state index < -0.39 is 0 Å². The quantitative estimate of drug-likeness (QED) is 0.841. The molecule has 2 aromatic carbocycles. The minimum absolute atomic E-state index is 0. The van der Waals surface area contributed by atoms with Crippen molar-refractivity contribution in [1.29, 1.82) is 0 Å². The first-order valence-electron chi connectivity index (χ1n) is 9.52. The topological polar surface area (TPSA) is 15.3 Å². The molecule has 2 nitrogen and oxygen atoms in total. The Balaban J connectivity index is 0.00000182. The Morgan fingerprint density at radius 2 is 1.56 bits per heavy atom. The van der Waals surface area contributed by atoms with Crippen LogP contribution in [0.1, 0.15) is 36.8 Å². The number of anilines is 1. The Bertz CT molecular complexity index is 627. The highest BCUT2D eigenvalue weighted by Gasteiger charge is 2.27. The summed E-state index contributed by atoms with van der Waals surface area (Å²) in [4.78, 5) is 2.66. The first-order valence-corrected chi connectivity index (χ1v) is 9.52. The molecule has 1 saturated heterocycles. The van der Waals surface area contributed by atoms with Gasteiger partial charge in [0.25, 0.3) is 0 Å². The number of nitrogens with zero attached hydrogens (tertiary/aromatic N) is 1. The number of nitrogens with one attached hydrogen (secondary N) is 1. The number of benzene rings is 2. The van der Waals surface area contributed by atoms with Gasteiger partial charge in [-0.25, -0.2) is 0 Å². The number of halogens is 1. The smallest absolute Gasteiger partial charge is 0.0370 e. The van der Waals surface area contributed by atoms with E-state index in [1.54, 1.807) is 11.1 Å². The molecule has 1 heterocycles. The average molecular weight is 357 g/mol. The SMILES string of the molecule is Cl.c1ccc(N(CCC2CCCCN2)C2Cc3ccccc3C2)cc1. The number of hydrogen-bond donors (Lipinski definition) is 1. The molecule has 1 atom stereocenters. The fourth-order valence-corrected chi connectivity index (χ4v) is 4.36. The molecule has 0 saturated carbocycles. The number of piperidine rings is 1. The third-order valence-corrected chi connectivity index (χ3v) is 5.69. The monoisotopic (exact) mass is 356 g/mol. The second-order valence-electron chi connectivity index (χ2n) is 7.30. The van der Waals surface area contributed by atoms with Gasteiger partial charge in [0, 0.05) is 24.3 Å². The van der Waals surface area contributed by atoms with Crippen LogP contribution >= 0.6 is 12.4 Å². The van der Waals surface area contributed by atoms with E-state index in [9.17, 15) is 0 Å². The molecular weight excluding hydrogens is 328 g/mol. The van der Waals surface area contributed by atoms with E-state index in [4.69, 9.17) is 0 Å². The largest absolute Gasteiger partial charge is 0.368 e. The lowest BCUT2D eigenvalue weighted by Crippen LogP contribution is -2.41. The molecule has 3 heteroatoms. The summed E-state index contributed by atoms with van der Waals surface area (Å²) in [6.07, 6.45) is 7.69. The van der Waals surface area contributed by atoms with Crippen LogP contribution in [0.3, 0.4) is 0 Å². The van der Waals surface area contributed by atoms with Crippen LogP contribution in [-0.4, -0.2) is 25.2 Å². The summed E-state index contributed by atoms with van der Waals surface area (Å²) in [5.74, 6) is 0. The van der Waals surface area contributed by atoms with Crippen molar-refractivity contribution in [1.82, 2.24) is 5.32 Å². The second-order valence-corrected chi connectivity index (χ2v) is 7.30. The van der Waals surface area contributed by atoms with Crippen LogP contribution in [0.4, 0.5) is 5.69 Å². The minimum Gasteiger partial charge on any atom is -0.368 e. The summed E-state index contributed by atoms with van der Waals surface area (Å²) in [6, 6.07) is 21.3. The van der Waals surface area contributed by atoms with Gasteiger partial charge in [0.2, 0.25) is 0 Å². The van der Waals surface area contributed by atoms with E-state index in [1.807, 2.05) is 0 Å². The molecule has 0 bridgehead atoms. The molecule has 0 aromatic heterocycles. The Morgan fingerprint density at radius 1 is 0.880 bits per heavy atom. The van der Waals surface area contributed by atoms with Crippen molar-refractivity contribution in [2.45, 2.75) is 50.6 Å². The normalized spacial score (nSPS) is 19.9. The van der Waals surface area contributed by atoms with Gasteiger partial charge in [-0.05, 0) is 61.9 Å². The van der Waals surface area contributed by atoms with Crippen molar-refractivity contribution >= 4 is 18.1 Å². The van der Waals surface area contributed by atoms with E-state index in [-0.39, 0.29) is 12.4 Å². The van der Waals surface area contributed by atoms with E-state index in [0.717, 1.165) is 6.54 Å². The molecule has 134 valence electrons. The third-order valence-electron chi connectivity index (χ3n) is 5.69. The maximum Gasteiger partial charge on any atom is 0.0370 e. The summed E-state index contributed by atoms with van der Waals surface area (Å²) < 4.78 is 0. The third kappa shape index (κ3) is 4.37. The molecule has 1 unspecified atom stereocenters. The molecule has 1 aliphatic carbocycles. The molecule has 1 N–H and O–H groups in total.